The van der Waals surface area contributed by atoms with Gasteiger partial charge in [0.15, 0.2) is 0 Å². The van der Waals surface area contributed by atoms with Crippen LogP contribution in [0.2, 0.25) is 0 Å². The minimum Gasteiger partial charge on any atom is -0.384 e. The van der Waals surface area contributed by atoms with Crippen molar-refractivity contribution in [2.45, 2.75) is 26.4 Å². The third kappa shape index (κ3) is 3.98. The predicted octanol–water partition coefficient (Wildman–Crippen LogP) is 6.56. The van der Waals surface area contributed by atoms with E-state index in [1.807, 2.05) is 42.5 Å². The molecule has 0 heterocycles. The van der Waals surface area contributed by atoms with Gasteiger partial charge in [0, 0.05) is 21.7 Å². The molecule has 1 N–H and O–H groups in total. The second kappa shape index (κ2) is 8.88. The van der Waals surface area contributed by atoms with E-state index in [1.165, 1.54) is 33.4 Å². The van der Waals surface area contributed by atoms with Crippen LogP contribution in [0.3, 0.4) is 0 Å². The maximum absolute atomic E-state index is 10.6. The van der Waals surface area contributed by atoms with E-state index >= 15 is 0 Å². The number of allylic oxidation sites excluding steroid dienone is 4. The van der Waals surface area contributed by atoms with Crippen molar-refractivity contribution in [3.63, 3.8) is 0 Å². The summed E-state index contributed by atoms with van der Waals surface area (Å²) < 4.78 is 0. The van der Waals surface area contributed by atoms with Crippen LogP contribution in [0.25, 0.3) is 16.7 Å². The van der Waals surface area contributed by atoms with Crippen molar-refractivity contribution in [1.82, 2.24) is 0 Å². The molecule has 0 bridgehead atoms. The van der Waals surface area contributed by atoms with Crippen molar-refractivity contribution >= 4 is 5.57 Å². The molecule has 0 aromatic heterocycles. The van der Waals surface area contributed by atoms with E-state index < -0.39 is 6.10 Å². The van der Waals surface area contributed by atoms with Gasteiger partial charge in [0.05, 0.1) is 0 Å². The molecule has 0 fully saturated rings. The fraction of sp³-hybridized carbons (Fsp3) is 0.154. The van der Waals surface area contributed by atoms with Crippen molar-refractivity contribution in [1.29, 1.82) is 0 Å². The first-order chi connectivity index (χ1) is 13.1. The van der Waals surface area contributed by atoms with E-state index in [1.54, 1.807) is 0 Å². The normalized spacial score (nSPS) is 14.5. The summed E-state index contributed by atoms with van der Waals surface area (Å²) in [5.41, 5.74) is 9.74. The maximum Gasteiger partial charge on any atom is 0.104 e. The Morgan fingerprint density at radius 3 is 1.89 bits per heavy atom. The third-order valence-electron chi connectivity index (χ3n) is 5.56. The number of hydrogen-bond donors (Lipinski definition) is 1. The first-order valence-electron chi connectivity index (χ1n) is 9.45. The van der Waals surface area contributed by atoms with Gasteiger partial charge in [0.2, 0.25) is 0 Å². The molecule has 0 amide bonds. The molecule has 3 aromatic rings. The van der Waals surface area contributed by atoms with Crippen molar-refractivity contribution in [2.75, 3.05) is 0 Å². The van der Waals surface area contributed by atoms with Gasteiger partial charge in [0.25, 0.3) is 0 Å². The summed E-state index contributed by atoms with van der Waals surface area (Å²) in [5, 5.41) is 10.6. The van der Waals surface area contributed by atoms with Crippen molar-refractivity contribution < 1.29 is 26.8 Å². The summed E-state index contributed by atoms with van der Waals surface area (Å²) in [6, 6.07) is 26.7. The SMILES string of the molecule is CC1=CCC(c2ccccc2-c2ccc(C(O)c3ccccc3)cc2)=C1C.[Ti]. The van der Waals surface area contributed by atoms with Crippen LogP contribution < -0.4 is 0 Å². The number of hydrogen-bond acceptors (Lipinski definition) is 1. The van der Waals surface area contributed by atoms with E-state index in [0.29, 0.717) is 0 Å². The van der Waals surface area contributed by atoms with Gasteiger partial charge in [0.1, 0.15) is 6.10 Å². The Balaban J connectivity index is 0.00000225. The quantitative estimate of drug-likeness (QED) is 0.492. The Labute approximate surface area is 182 Å². The molecule has 0 saturated carbocycles. The number of rotatable bonds is 4. The molecular weight excluding hydrogens is 376 g/mol. The molecule has 1 aliphatic rings. The number of aliphatic hydroxyl groups excluding tert-OH is 1. The average molecular weight is 400 g/mol. The Morgan fingerprint density at radius 1 is 0.714 bits per heavy atom. The van der Waals surface area contributed by atoms with E-state index in [2.05, 4.69) is 56.3 Å². The second-order valence-corrected chi connectivity index (χ2v) is 7.18. The third-order valence-corrected chi connectivity index (χ3v) is 5.56. The zero-order valence-electron chi connectivity index (χ0n) is 16.3. The summed E-state index contributed by atoms with van der Waals surface area (Å²) in [6.45, 7) is 4.40. The monoisotopic (exact) mass is 400 g/mol. The average Bonchev–Trinajstić information content (AvgIpc) is 3.07. The molecule has 0 spiro atoms. The molecule has 1 aliphatic carbocycles. The fourth-order valence-electron chi connectivity index (χ4n) is 3.78. The molecule has 28 heavy (non-hydrogen) atoms. The van der Waals surface area contributed by atoms with Crippen LogP contribution in [0, 0.1) is 0 Å². The molecule has 1 unspecified atom stereocenters. The number of aliphatic hydroxyl groups is 1. The van der Waals surface area contributed by atoms with Crippen LogP contribution >= 0.6 is 0 Å². The maximum atomic E-state index is 10.6. The fourth-order valence-corrected chi connectivity index (χ4v) is 3.78. The zero-order valence-corrected chi connectivity index (χ0v) is 17.9. The molecule has 1 atom stereocenters. The van der Waals surface area contributed by atoms with Crippen molar-refractivity contribution in [2.24, 2.45) is 0 Å². The van der Waals surface area contributed by atoms with E-state index in [4.69, 9.17) is 0 Å². The summed E-state index contributed by atoms with van der Waals surface area (Å²) >= 11 is 0. The predicted molar refractivity (Wildman–Crippen MR) is 113 cm³/mol. The van der Waals surface area contributed by atoms with Crippen LogP contribution in [-0.2, 0) is 21.7 Å². The Morgan fingerprint density at radius 2 is 1.29 bits per heavy atom. The minimum atomic E-state index is -0.595. The molecule has 0 saturated heterocycles. The first kappa shape index (κ1) is 20.5. The molecule has 3 aromatic carbocycles. The van der Waals surface area contributed by atoms with Gasteiger partial charge in [-0.2, -0.15) is 0 Å². The van der Waals surface area contributed by atoms with E-state index in [9.17, 15) is 5.11 Å². The largest absolute Gasteiger partial charge is 0.384 e. The van der Waals surface area contributed by atoms with Crippen LogP contribution in [-0.4, -0.2) is 5.11 Å². The zero-order chi connectivity index (χ0) is 18.8. The van der Waals surface area contributed by atoms with Gasteiger partial charge >= 0.3 is 0 Å². The van der Waals surface area contributed by atoms with E-state index in [0.717, 1.165) is 17.5 Å². The number of benzene rings is 3. The molecule has 0 aliphatic heterocycles. The van der Waals surface area contributed by atoms with Crippen LogP contribution in [0.4, 0.5) is 0 Å². The molecule has 1 nitrogen and oxygen atoms in total. The van der Waals surface area contributed by atoms with Crippen molar-refractivity contribution in [3.05, 3.63) is 113 Å². The van der Waals surface area contributed by atoms with Crippen LogP contribution in [0.5, 0.6) is 0 Å². The van der Waals surface area contributed by atoms with Gasteiger partial charge in [-0.05, 0) is 59.2 Å². The van der Waals surface area contributed by atoms with Gasteiger partial charge in [-0.1, -0.05) is 90.5 Å². The summed E-state index contributed by atoms with van der Waals surface area (Å²) in [4.78, 5) is 0. The van der Waals surface area contributed by atoms with Gasteiger partial charge in [-0.25, -0.2) is 0 Å². The Bertz CT molecular complexity index is 1010. The molecule has 0 radical (unpaired) electrons. The van der Waals surface area contributed by atoms with Crippen LogP contribution in [0.15, 0.2) is 96.1 Å². The first-order valence-corrected chi connectivity index (χ1v) is 9.45. The topological polar surface area (TPSA) is 20.2 Å². The van der Waals surface area contributed by atoms with Crippen LogP contribution in [0.1, 0.15) is 43.1 Å². The smallest absolute Gasteiger partial charge is 0.104 e. The standard InChI is InChI=1S/C26H24O.Ti/c1-18-12-17-23(19(18)2)25-11-7-6-10-24(25)20-13-15-22(16-14-20)26(27)21-8-4-3-5-9-21;/h3-16,26-27H,17H2,1-2H3;. The van der Waals surface area contributed by atoms with Crippen molar-refractivity contribution in [3.8, 4) is 11.1 Å². The Kier molecular flexibility index (Phi) is 6.51. The van der Waals surface area contributed by atoms with E-state index in [-0.39, 0.29) is 21.7 Å². The summed E-state index contributed by atoms with van der Waals surface area (Å²) in [5.74, 6) is 0. The van der Waals surface area contributed by atoms with Gasteiger partial charge < -0.3 is 5.11 Å². The molecular formula is C26H24OTi. The molecule has 138 valence electrons. The Hall–Kier alpha value is -2.19. The van der Waals surface area contributed by atoms with Gasteiger partial charge in [-0.15, -0.1) is 0 Å². The molecule has 4 rings (SSSR count). The minimum absolute atomic E-state index is 0. The van der Waals surface area contributed by atoms with Gasteiger partial charge in [-0.3, -0.25) is 0 Å². The summed E-state index contributed by atoms with van der Waals surface area (Å²) in [7, 11) is 0. The summed E-state index contributed by atoms with van der Waals surface area (Å²) in [6.07, 6.45) is 2.71. The molecule has 2 heteroatoms. The second-order valence-electron chi connectivity index (χ2n) is 7.18.